The van der Waals surface area contributed by atoms with E-state index in [-0.39, 0.29) is 11.8 Å². The van der Waals surface area contributed by atoms with Crippen LogP contribution >= 0.6 is 11.8 Å². The topological polar surface area (TPSA) is 49.4 Å². The quantitative estimate of drug-likeness (QED) is 0.495. The van der Waals surface area contributed by atoms with E-state index < -0.39 is 6.04 Å². The Morgan fingerprint density at radius 1 is 0.875 bits per heavy atom. The predicted molar refractivity (Wildman–Crippen MR) is 132 cm³/mol. The smallest absolute Gasteiger partial charge is 0.242 e. The standard InChI is InChI=1S/C27H30N2O2S/c1-21-11-9-10-16-24(21)18-29(26(30)20-32-19-23-14-7-4-8-15-23)25(27(31)28-2)17-22-12-5-3-6-13-22/h3-16,25H,17-20H2,1-2H3,(H,28,31). The summed E-state index contributed by atoms with van der Waals surface area (Å²) in [7, 11) is 1.63. The Balaban J connectivity index is 1.82. The SMILES string of the molecule is CNC(=O)C(Cc1ccccc1)N(Cc1ccccc1C)C(=O)CSCc1ccccc1. The molecule has 0 spiro atoms. The van der Waals surface area contributed by atoms with E-state index in [0.717, 1.165) is 22.4 Å². The summed E-state index contributed by atoms with van der Waals surface area (Å²) < 4.78 is 0. The van der Waals surface area contributed by atoms with Gasteiger partial charge in [0.25, 0.3) is 0 Å². The maximum absolute atomic E-state index is 13.4. The first-order valence-electron chi connectivity index (χ1n) is 10.8. The minimum absolute atomic E-state index is 0.0290. The minimum atomic E-state index is -0.577. The van der Waals surface area contributed by atoms with Gasteiger partial charge in [-0.25, -0.2) is 0 Å². The Kier molecular flexibility index (Phi) is 8.93. The van der Waals surface area contributed by atoms with Crippen molar-refractivity contribution >= 4 is 23.6 Å². The number of carbonyl (C=O) groups is 2. The molecular formula is C27H30N2O2S. The summed E-state index contributed by atoms with van der Waals surface area (Å²) in [5.41, 5.74) is 4.37. The zero-order valence-electron chi connectivity index (χ0n) is 18.7. The van der Waals surface area contributed by atoms with Gasteiger partial charge in [-0.3, -0.25) is 9.59 Å². The lowest BCUT2D eigenvalue weighted by Gasteiger charge is -2.31. The van der Waals surface area contributed by atoms with Gasteiger partial charge >= 0.3 is 0 Å². The molecule has 0 fully saturated rings. The molecule has 3 aromatic carbocycles. The molecule has 3 rings (SSSR count). The van der Waals surface area contributed by atoms with E-state index in [1.165, 1.54) is 5.56 Å². The van der Waals surface area contributed by atoms with Crippen LogP contribution in [0.1, 0.15) is 22.3 Å². The van der Waals surface area contributed by atoms with E-state index in [1.54, 1.807) is 23.7 Å². The summed E-state index contributed by atoms with van der Waals surface area (Å²) in [6.07, 6.45) is 0.474. The number of thioether (sulfide) groups is 1. The second kappa shape index (κ2) is 12.1. The van der Waals surface area contributed by atoms with Crippen molar-refractivity contribution < 1.29 is 9.59 Å². The highest BCUT2D eigenvalue weighted by Crippen LogP contribution is 2.19. The Bertz CT molecular complexity index is 1010. The van der Waals surface area contributed by atoms with Gasteiger partial charge in [0.05, 0.1) is 5.75 Å². The largest absolute Gasteiger partial charge is 0.357 e. The van der Waals surface area contributed by atoms with Crippen LogP contribution in [0.3, 0.4) is 0 Å². The van der Waals surface area contributed by atoms with Crippen LogP contribution < -0.4 is 5.32 Å². The highest BCUT2D eigenvalue weighted by Gasteiger charge is 2.29. The second-order valence-electron chi connectivity index (χ2n) is 7.75. The van der Waals surface area contributed by atoms with E-state index in [1.807, 2.05) is 79.7 Å². The normalized spacial score (nSPS) is 11.6. The lowest BCUT2D eigenvalue weighted by atomic mass is 10.0. The van der Waals surface area contributed by atoms with Crippen LogP contribution in [-0.4, -0.2) is 35.6 Å². The molecule has 0 bridgehead atoms. The third-order valence-corrected chi connectivity index (χ3v) is 6.45. The van der Waals surface area contributed by atoms with Gasteiger partial charge < -0.3 is 10.2 Å². The van der Waals surface area contributed by atoms with Crippen LogP contribution in [0.2, 0.25) is 0 Å². The van der Waals surface area contributed by atoms with Crippen LogP contribution in [0.5, 0.6) is 0 Å². The fourth-order valence-electron chi connectivity index (χ4n) is 3.60. The van der Waals surface area contributed by atoms with Crippen LogP contribution in [0.15, 0.2) is 84.9 Å². The average Bonchev–Trinajstić information content (AvgIpc) is 2.83. The van der Waals surface area contributed by atoms with Crippen molar-refractivity contribution in [2.24, 2.45) is 0 Å². The monoisotopic (exact) mass is 446 g/mol. The van der Waals surface area contributed by atoms with Crippen molar-refractivity contribution in [1.82, 2.24) is 10.2 Å². The van der Waals surface area contributed by atoms with Crippen LogP contribution in [-0.2, 0) is 28.3 Å². The minimum Gasteiger partial charge on any atom is -0.357 e. The molecule has 0 radical (unpaired) electrons. The van der Waals surface area contributed by atoms with Gasteiger partial charge in [-0.1, -0.05) is 84.9 Å². The molecule has 5 heteroatoms. The summed E-state index contributed by atoms with van der Waals surface area (Å²) in [6, 6.07) is 27.4. The Hall–Kier alpha value is -3.05. The second-order valence-corrected chi connectivity index (χ2v) is 8.73. The average molecular weight is 447 g/mol. The van der Waals surface area contributed by atoms with Crippen molar-refractivity contribution in [1.29, 1.82) is 0 Å². The number of nitrogens with zero attached hydrogens (tertiary/aromatic N) is 1. The zero-order chi connectivity index (χ0) is 22.8. The van der Waals surface area contributed by atoms with E-state index in [2.05, 4.69) is 17.4 Å². The van der Waals surface area contributed by atoms with Gasteiger partial charge in [-0.05, 0) is 29.2 Å². The fourth-order valence-corrected chi connectivity index (χ4v) is 4.48. The van der Waals surface area contributed by atoms with Crippen LogP contribution in [0, 0.1) is 6.92 Å². The predicted octanol–water partition coefficient (Wildman–Crippen LogP) is 4.61. The summed E-state index contributed by atoms with van der Waals surface area (Å²) in [5.74, 6) is 0.902. The number of carbonyl (C=O) groups excluding carboxylic acids is 2. The lowest BCUT2D eigenvalue weighted by Crippen LogP contribution is -2.50. The number of amides is 2. The molecule has 0 aliphatic heterocycles. The van der Waals surface area contributed by atoms with Crippen LogP contribution in [0.4, 0.5) is 0 Å². The molecule has 32 heavy (non-hydrogen) atoms. The van der Waals surface area contributed by atoms with Gasteiger partial charge in [0.2, 0.25) is 11.8 Å². The Labute approximate surface area is 195 Å². The molecule has 0 saturated heterocycles. The maximum Gasteiger partial charge on any atom is 0.242 e. The molecule has 0 aliphatic carbocycles. The molecular weight excluding hydrogens is 416 g/mol. The molecule has 0 heterocycles. The number of hydrogen-bond donors (Lipinski definition) is 1. The van der Waals surface area contributed by atoms with Gasteiger partial charge in [0, 0.05) is 25.8 Å². The van der Waals surface area contributed by atoms with E-state index in [9.17, 15) is 9.59 Å². The van der Waals surface area contributed by atoms with Crippen LogP contribution in [0.25, 0.3) is 0 Å². The van der Waals surface area contributed by atoms with Gasteiger partial charge in [-0.15, -0.1) is 11.8 Å². The molecule has 0 aliphatic rings. The molecule has 4 nitrogen and oxygen atoms in total. The first kappa shape index (κ1) is 23.6. The fraction of sp³-hybridized carbons (Fsp3) is 0.259. The molecule has 166 valence electrons. The van der Waals surface area contributed by atoms with Crippen molar-refractivity contribution in [3.63, 3.8) is 0 Å². The third-order valence-electron chi connectivity index (χ3n) is 5.46. The number of rotatable bonds is 10. The number of likely N-dealkylation sites (N-methyl/N-ethyl adjacent to an activating group) is 1. The summed E-state index contributed by atoms with van der Waals surface area (Å²) in [4.78, 5) is 28.1. The highest BCUT2D eigenvalue weighted by atomic mass is 32.2. The van der Waals surface area contributed by atoms with E-state index >= 15 is 0 Å². The highest BCUT2D eigenvalue weighted by molar-refractivity contribution is 7.99. The first-order valence-corrected chi connectivity index (χ1v) is 11.9. The number of benzene rings is 3. The van der Waals surface area contributed by atoms with Gasteiger partial charge in [-0.2, -0.15) is 0 Å². The Morgan fingerprint density at radius 2 is 1.47 bits per heavy atom. The number of aryl methyl sites for hydroxylation is 1. The molecule has 1 unspecified atom stereocenters. The number of nitrogens with one attached hydrogen (secondary N) is 1. The zero-order valence-corrected chi connectivity index (χ0v) is 19.5. The van der Waals surface area contributed by atoms with E-state index in [0.29, 0.717) is 18.7 Å². The molecule has 3 aromatic rings. The van der Waals surface area contributed by atoms with E-state index in [4.69, 9.17) is 0 Å². The Morgan fingerprint density at radius 3 is 2.09 bits per heavy atom. The lowest BCUT2D eigenvalue weighted by molar-refractivity contribution is -0.139. The van der Waals surface area contributed by atoms with Crippen molar-refractivity contribution in [3.05, 3.63) is 107 Å². The molecule has 0 saturated carbocycles. The maximum atomic E-state index is 13.4. The summed E-state index contributed by atoms with van der Waals surface area (Å²) in [5, 5.41) is 2.76. The molecule has 2 amide bonds. The van der Waals surface area contributed by atoms with Gasteiger partial charge in [0.15, 0.2) is 0 Å². The molecule has 1 N–H and O–H groups in total. The van der Waals surface area contributed by atoms with Crippen molar-refractivity contribution in [2.45, 2.75) is 31.7 Å². The number of hydrogen-bond acceptors (Lipinski definition) is 3. The molecule has 0 aromatic heterocycles. The third kappa shape index (κ3) is 6.72. The summed E-state index contributed by atoms with van der Waals surface area (Å²) in [6.45, 7) is 2.44. The van der Waals surface area contributed by atoms with Gasteiger partial charge in [0.1, 0.15) is 6.04 Å². The first-order chi connectivity index (χ1) is 15.6. The summed E-state index contributed by atoms with van der Waals surface area (Å²) >= 11 is 1.58. The van der Waals surface area contributed by atoms with Crippen molar-refractivity contribution in [2.75, 3.05) is 12.8 Å². The molecule has 1 atom stereocenters. The van der Waals surface area contributed by atoms with Crippen molar-refractivity contribution in [3.8, 4) is 0 Å².